The van der Waals surface area contributed by atoms with Crippen LogP contribution in [0.4, 0.5) is 0 Å². The number of unbranched alkanes of at least 4 members (excludes halogenated alkanes) is 1. The summed E-state index contributed by atoms with van der Waals surface area (Å²) >= 11 is 3.77. The van der Waals surface area contributed by atoms with Crippen molar-refractivity contribution in [2.24, 2.45) is 17.3 Å². The maximum absolute atomic E-state index is 14.7. The van der Waals surface area contributed by atoms with Crippen molar-refractivity contribution in [3.8, 4) is 0 Å². The van der Waals surface area contributed by atoms with Gasteiger partial charge in [0.15, 0.2) is 0 Å². The van der Waals surface area contributed by atoms with Crippen LogP contribution in [0, 0.1) is 17.3 Å². The Balaban J connectivity index is 2.10. The molecule has 2 bridgehead atoms. The van der Waals surface area contributed by atoms with Gasteiger partial charge in [0.2, 0.25) is 17.7 Å². The Hall–Kier alpha value is -1.71. The van der Waals surface area contributed by atoms with Crippen LogP contribution < -0.4 is 0 Å². The van der Waals surface area contributed by atoms with E-state index in [4.69, 9.17) is 4.74 Å². The Labute approximate surface area is 249 Å². The molecule has 3 aliphatic heterocycles. The summed E-state index contributed by atoms with van der Waals surface area (Å²) in [5, 5.41) is 9.45. The highest BCUT2D eigenvalue weighted by atomic mass is 79.9. The molecule has 8 nitrogen and oxygen atoms in total. The Morgan fingerprint density at radius 3 is 2.35 bits per heavy atom. The zero-order valence-electron chi connectivity index (χ0n) is 25.3. The van der Waals surface area contributed by atoms with E-state index in [1.54, 1.807) is 22.0 Å². The number of amides is 3. The van der Waals surface area contributed by atoms with Crippen molar-refractivity contribution in [3.05, 3.63) is 25.3 Å². The maximum Gasteiger partial charge on any atom is 0.249 e. The van der Waals surface area contributed by atoms with E-state index in [-0.39, 0.29) is 34.6 Å². The van der Waals surface area contributed by atoms with Gasteiger partial charge in [-0.05, 0) is 51.4 Å². The van der Waals surface area contributed by atoms with Gasteiger partial charge < -0.3 is 24.5 Å². The number of halogens is 1. The number of rotatable bonds is 14. The molecule has 40 heavy (non-hydrogen) atoms. The molecular formula is C31H50BrN3O5. The highest BCUT2D eigenvalue weighted by Crippen LogP contribution is 2.60. The van der Waals surface area contributed by atoms with Gasteiger partial charge in [-0.2, -0.15) is 0 Å². The summed E-state index contributed by atoms with van der Waals surface area (Å²) in [7, 11) is 0. The van der Waals surface area contributed by atoms with Crippen LogP contribution in [-0.2, 0) is 19.1 Å². The number of alkyl halides is 1. The summed E-state index contributed by atoms with van der Waals surface area (Å²) in [6.45, 7) is 22.0. The summed E-state index contributed by atoms with van der Waals surface area (Å²) in [5.41, 5.74) is -1.65. The van der Waals surface area contributed by atoms with Gasteiger partial charge in [0.25, 0.3) is 0 Å². The number of carbonyl (C=O) groups excluding carboxylic acids is 3. The topological polar surface area (TPSA) is 90.4 Å². The van der Waals surface area contributed by atoms with Crippen molar-refractivity contribution in [2.45, 2.75) is 102 Å². The van der Waals surface area contributed by atoms with Crippen LogP contribution in [0.2, 0.25) is 0 Å². The molecule has 0 radical (unpaired) electrons. The molecule has 1 spiro atoms. The third-order valence-electron chi connectivity index (χ3n) is 8.54. The first-order chi connectivity index (χ1) is 18.7. The molecule has 3 heterocycles. The third-order valence-corrected chi connectivity index (χ3v) is 9.39. The summed E-state index contributed by atoms with van der Waals surface area (Å²) in [6.07, 6.45) is 6.03. The smallest absolute Gasteiger partial charge is 0.249 e. The van der Waals surface area contributed by atoms with E-state index in [1.807, 2.05) is 11.8 Å². The second kappa shape index (κ2) is 12.7. The zero-order valence-corrected chi connectivity index (χ0v) is 26.9. The zero-order chi connectivity index (χ0) is 30.0. The van der Waals surface area contributed by atoms with Crippen LogP contribution in [0.1, 0.15) is 73.6 Å². The van der Waals surface area contributed by atoms with Crippen LogP contribution in [0.25, 0.3) is 0 Å². The third kappa shape index (κ3) is 6.07. The average Bonchev–Trinajstić information content (AvgIpc) is 3.43. The van der Waals surface area contributed by atoms with Crippen molar-refractivity contribution in [3.63, 3.8) is 0 Å². The van der Waals surface area contributed by atoms with Gasteiger partial charge in [-0.15, -0.1) is 13.2 Å². The predicted octanol–water partition coefficient (Wildman–Crippen LogP) is 4.16. The van der Waals surface area contributed by atoms with E-state index in [0.717, 1.165) is 12.8 Å². The molecule has 3 aliphatic rings. The predicted molar refractivity (Wildman–Crippen MR) is 161 cm³/mol. The number of aliphatic hydroxyl groups excluding tert-OH is 1. The highest BCUT2D eigenvalue weighted by Gasteiger charge is 2.77. The molecule has 6 atom stereocenters. The van der Waals surface area contributed by atoms with Crippen LogP contribution in [0.5, 0.6) is 0 Å². The summed E-state index contributed by atoms with van der Waals surface area (Å²) in [6, 6.07) is -0.857. The average molecular weight is 625 g/mol. The van der Waals surface area contributed by atoms with Crippen LogP contribution >= 0.6 is 15.9 Å². The quantitative estimate of drug-likeness (QED) is 0.178. The number of likely N-dealkylation sites (tertiary alicyclic amines) is 1. The van der Waals surface area contributed by atoms with Gasteiger partial charge in [0, 0.05) is 43.2 Å². The van der Waals surface area contributed by atoms with Crippen LogP contribution in [0.15, 0.2) is 25.3 Å². The monoisotopic (exact) mass is 623 g/mol. The lowest BCUT2D eigenvalue weighted by atomic mass is 9.70. The molecule has 0 aromatic heterocycles. The first-order valence-electron chi connectivity index (χ1n) is 14.8. The normalized spacial score (nSPS) is 29.4. The number of ether oxygens (including phenoxy) is 1. The number of carbonyl (C=O) groups is 3. The van der Waals surface area contributed by atoms with E-state index in [1.165, 1.54) is 0 Å². The fourth-order valence-corrected chi connectivity index (χ4v) is 8.50. The minimum Gasteiger partial charge on any atom is -0.396 e. The Kier molecular flexibility index (Phi) is 10.4. The lowest BCUT2D eigenvalue weighted by molar-refractivity contribution is -0.153. The number of nitrogens with zero attached hydrogens (tertiary/aromatic N) is 3. The van der Waals surface area contributed by atoms with Crippen molar-refractivity contribution < 1.29 is 24.2 Å². The van der Waals surface area contributed by atoms with Gasteiger partial charge in [0.1, 0.15) is 11.6 Å². The highest BCUT2D eigenvalue weighted by molar-refractivity contribution is 9.09. The molecule has 3 amide bonds. The number of hydrogen-bond acceptors (Lipinski definition) is 5. The van der Waals surface area contributed by atoms with Crippen LogP contribution in [-0.4, -0.2) is 98.4 Å². The molecule has 0 aromatic carbocycles. The standard InChI is InChI=1S/C31H50BrN3O5/c1-9-14-33(15-10-2)26(37)22-23-27(38)34(17-12-13-18-36)25(31(23)19-21(32)24(22)40-31)28(39)35(16-11-3)30(7,8)20-29(4,5)6/h9,11,21-25,36H,1,3,10,12-20H2,2,4-8H3/t21?,22-,23-,24-,25?,31?/m0/s1. The second-order valence-electron chi connectivity index (χ2n) is 13.5. The molecule has 0 aromatic rings. The molecular weight excluding hydrogens is 574 g/mol. The van der Waals surface area contributed by atoms with E-state index < -0.39 is 35.1 Å². The minimum absolute atomic E-state index is 0.00705. The van der Waals surface area contributed by atoms with E-state index >= 15 is 0 Å². The molecule has 9 heteroatoms. The molecule has 3 rings (SSSR count). The molecule has 3 fully saturated rings. The van der Waals surface area contributed by atoms with Gasteiger partial charge >= 0.3 is 0 Å². The van der Waals surface area contributed by atoms with Gasteiger partial charge in [-0.1, -0.05) is 55.8 Å². The minimum atomic E-state index is -1.10. The molecule has 0 saturated carbocycles. The first kappa shape index (κ1) is 32.8. The van der Waals surface area contributed by atoms with Crippen molar-refractivity contribution in [1.82, 2.24) is 14.7 Å². The second-order valence-corrected chi connectivity index (χ2v) is 14.7. The van der Waals surface area contributed by atoms with E-state index in [0.29, 0.717) is 45.4 Å². The first-order valence-corrected chi connectivity index (χ1v) is 15.7. The number of aliphatic hydroxyl groups is 1. The number of hydrogen-bond donors (Lipinski definition) is 1. The largest absolute Gasteiger partial charge is 0.396 e. The fourth-order valence-electron chi connectivity index (χ4n) is 7.56. The van der Waals surface area contributed by atoms with Gasteiger partial charge in [-0.25, -0.2) is 0 Å². The molecule has 226 valence electrons. The lowest BCUT2D eigenvalue weighted by Crippen LogP contribution is -2.61. The Morgan fingerprint density at radius 2 is 1.80 bits per heavy atom. The lowest BCUT2D eigenvalue weighted by Gasteiger charge is -2.45. The molecule has 3 unspecified atom stereocenters. The molecule has 3 saturated heterocycles. The molecule has 1 N–H and O–H groups in total. The van der Waals surface area contributed by atoms with E-state index in [9.17, 15) is 19.5 Å². The van der Waals surface area contributed by atoms with Gasteiger partial charge in [-0.3, -0.25) is 14.4 Å². The summed E-state index contributed by atoms with van der Waals surface area (Å²) in [4.78, 5) is 48.1. The van der Waals surface area contributed by atoms with Crippen LogP contribution in [0.3, 0.4) is 0 Å². The summed E-state index contributed by atoms with van der Waals surface area (Å²) < 4.78 is 6.71. The number of fused-ring (bicyclic) bond motifs is 1. The summed E-state index contributed by atoms with van der Waals surface area (Å²) in [5.74, 6) is -1.89. The van der Waals surface area contributed by atoms with Crippen molar-refractivity contribution in [1.29, 1.82) is 0 Å². The van der Waals surface area contributed by atoms with Crippen molar-refractivity contribution in [2.75, 3.05) is 32.8 Å². The maximum atomic E-state index is 14.7. The Morgan fingerprint density at radius 1 is 1.15 bits per heavy atom. The Bertz CT molecular complexity index is 979. The van der Waals surface area contributed by atoms with Crippen molar-refractivity contribution >= 4 is 33.7 Å². The van der Waals surface area contributed by atoms with Gasteiger partial charge in [0.05, 0.1) is 17.9 Å². The molecule has 0 aliphatic carbocycles. The SMILES string of the molecule is C=CCN(CCC)C(=O)[C@H]1[C@H]2C(=O)N(CCCCO)C(C(=O)N(CC=C)C(C)(C)CC(C)(C)C)C23CC(Br)[C@@H]1O3. The van der Waals surface area contributed by atoms with E-state index in [2.05, 4.69) is 63.7 Å². The fraction of sp³-hybridized carbons (Fsp3) is 0.774.